The molecule has 0 bridgehead atoms. The summed E-state index contributed by atoms with van der Waals surface area (Å²) < 4.78 is 43.7. The summed E-state index contributed by atoms with van der Waals surface area (Å²) in [5.41, 5.74) is 0.637. The number of hydrogen-bond acceptors (Lipinski definition) is 5. The largest absolute Gasteiger partial charge is 0.465 e. The van der Waals surface area contributed by atoms with Gasteiger partial charge in [0.2, 0.25) is 0 Å². The highest BCUT2D eigenvalue weighted by Gasteiger charge is 2.30. The molecule has 1 aromatic heterocycles. The molecule has 0 fully saturated rings. The van der Waals surface area contributed by atoms with Gasteiger partial charge in [-0.15, -0.1) is 11.3 Å². The molecule has 0 saturated carbocycles. The number of carbonyl (C=O) groups excluding carboxylic acids is 1. The molecule has 0 unspecified atom stereocenters. The molecule has 2 aromatic carbocycles. The molecule has 0 amide bonds. The predicted molar refractivity (Wildman–Crippen MR) is 95.9 cm³/mol. The first kappa shape index (κ1) is 18.6. The molecule has 0 aliphatic rings. The summed E-state index contributed by atoms with van der Waals surface area (Å²) >= 11 is 1.14. The number of allylic oxidation sites excluding steroid dienone is 1. The number of fused-ring (bicyclic) bond motifs is 1. The fourth-order valence-corrected chi connectivity index (χ4v) is 3.27. The second-order valence-electron chi connectivity index (χ2n) is 5.48. The number of rotatable bonds is 3. The number of aromatic nitrogens is 1. The van der Waals surface area contributed by atoms with Gasteiger partial charge in [0.15, 0.2) is 0 Å². The molecule has 0 aliphatic heterocycles. The van der Waals surface area contributed by atoms with Crippen molar-refractivity contribution in [2.75, 3.05) is 7.11 Å². The van der Waals surface area contributed by atoms with E-state index in [1.807, 2.05) is 6.07 Å². The van der Waals surface area contributed by atoms with E-state index in [1.165, 1.54) is 13.2 Å². The van der Waals surface area contributed by atoms with Gasteiger partial charge < -0.3 is 4.74 Å². The van der Waals surface area contributed by atoms with Crippen molar-refractivity contribution < 1.29 is 22.7 Å². The van der Waals surface area contributed by atoms with Crippen LogP contribution in [0.5, 0.6) is 0 Å². The van der Waals surface area contributed by atoms with Crippen LogP contribution in [-0.4, -0.2) is 18.1 Å². The number of carbonyl (C=O) groups is 1. The Kier molecular flexibility index (Phi) is 4.97. The average molecular weight is 388 g/mol. The number of thiazole rings is 1. The molecule has 8 heteroatoms. The van der Waals surface area contributed by atoms with E-state index in [4.69, 9.17) is 0 Å². The standard InChI is InChI=1S/C19H11F3N2O2S/c1-26-18(25)12-4-2-11(3-5-12)8-13(10-23)17-24-15-9-14(19(20,21)22)6-7-16(15)27-17/h2-9H,1H3. The third-order valence-corrected chi connectivity index (χ3v) is 4.78. The van der Waals surface area contributed by atoms with Crippen molar-refractivity contribution in [2.45, 2.75) is 6.18 Å². The lowest BCUT2D eigenvalue weighted by Gasteiger charge is -2.04. The minimum atomic E-state index is -4.45. The SMILES string of the molecule is COC(=O)c1ccc(C=C(C#N)c2nc3cc(C(F)(F)F)ccc3s2)cc1. The van der Waals surface area contributed by atoms with Crippen molar-refractivity contribution in [3.05, 3.63) is 64.2 Å². The highest BCUT2D eigenvalue weighted by Crippen LogP contribution is 2.34. The lowest BCUT2D eigenvalue weighted by molar-refractivity contribution is -0.137. The van der Waals surface area contributed by atoms with Gasteiger partial charge in [-0.3, -0.25) is 0 Å². The van der Waals surface area contributed by atoms with Crippen molar-refractivity contribution in [1.29, 1.82) is 5.26 Å². The van der Waals surface area contributed by atoms with Gasteiger partial charge in [-0.1, -0.05) is 12.1 Å². The normalized spacial score (nSPS) is 12.0. The summed E-state index contributed by atoms with van der Waals surface area (Å²) in [6.45, 7) is 0. The number of nitriles is 1. The van der Waals surface area contributed by atoms with Gasteiger partial charge in [0, 0.05) is 0 Å². The summed E-state index contributed by atoms with van der Waals surface area (Å²) in [6.07, 6.45) is -2.89. The van der Waals surface area contributed by atoms with Gasteiger partial charge in [-0.2, -0.15) is 18.4 Å². The Morgan fingerprint density at radius 3 is 2.52 bits per heavy atom. The quantitative estimate of drug-likeness (QED) is 0.459. The maximum atomic E-state index is 12.8. The molecule has 0 N–H and O–H groups in total. The van der Waals surface area contributed by atoms with Crippen molar-refractivity contribution in [3.8, 4) is 6.07 Å². The average Bonchev–Trinajstić information content (AvgIpc) is 3.08. The summed E-state index contributed by atoms with van der Waals surface area (Å²) in [5, 5.41) is 9.75. The third kappa shape index (κ3) is 3.99. The molecule has 3 aromatic rings. The first-order chi connectivity index (χ1) is 12.8. The van der Waals surface area contributed by atoms with E-state index in [-0.39, 0.29) is 11.1 Å². The first-order valence-corrected chi connectivity index (χ1v) is 8.42. The van der Waals surface area contributed by atoms with Crippen LogP contribution >= 0.6 is 11.3 Å². The van der Waals surface area contributed by atoms with E-state index >= 15 is 0 Å². The number of esters is 1. The molecule has 0 aliphatic carbocycles. The van der Waals surface area contributed by atoms with Crippen LogP contribution in [0.25, 0.3) is 21.9 Å². The summed E-state index contributed by atoms with van der Waals surface area (Å²) in [4.78, 5) is 15.6. The molecule has 0 saturated heterocycles. The van der Waals surface area contributed by atoms with Gasteiger partial charge in [-0.05, 0) is 42.0 Å². The fraction of sp³-hybridized carbons (Fsp3) is 0.105. The van der Waals surface area contributed by atoms with Gasteiger partial charge in [0.05, 0.1) is 34.0 Å². The van der Waals surface area contributed by atoms with Crippen LogP contribution < -0.4 is 0 Å². The molecule has 27 heavy (non-hydrogen) atoms. The van der Waals surface area contributed by atoms with Crippen LogP contribution in [0.3, 0.4) is 0 Å². The van der Waals surface area contributed by atoms with E-state index in [2.05, 4.69) is 9.72 Å². The molecule has 0 radical (unpaired) electrons. The second kappa shape index (κ2) is 7.21. The minimum Gasteiger partial charge on any atom is -0.465 e. The minimum absolute atomic E-state index is 0.187. The topological polar surface area (TPSA) is 63.0 Å². The van der Waals surface area contributed by atoms with Gasteiger partial charge in [-0.25, -0.2) is 9.78 Å². The van der Waals surface area contributed by atoms with Crippen LogP contribution in [0.2, 0.25) is 0 Å². The Labute approximate surface area is 156 Å². The van der Waals surface area contributed by atoms with Crippen LogP contribution in [-0.2, 0) is 10.9 Å². The monoisotopic (exact) mass is 388 g/mol. The number of hydrogen-bond donors (Lipinski definition) is 0. The Balaban J connectivity index is 1.96. The molecule has 1 heterocycles. The smallest absolute Gasteiger partial charge is 0.416 e. The summed E-state index contributed by atoms with van der Waals surface area (Å²) in [6, 6.07) is 11.7. The number of nitrogens with zero attached hydrogens (tertiary/aromatic N) is 2. The number of ether oxygens (including phenoxy) is 1. The molecular weight excluding hydrogens is 377 g/mol. The molecule has 4 nitrogen and oxygen atoms in total. The molecule has 0 spiro atoms. The van der Waals surface area contributed by atoms with Crippen molar-refractivity contribution in [2.24, 2.45) is 0 Å². The summed E-state index contributed by atoms with van der Waals surface area (Å²) in [7, 11) is 1.28. The number of methoxy groups -OCH3 is 1. The molecule has 3 rings (SSSR count). The summed E-state index contributed by atoms with van der Waals surface area (Å²) in [5.74, 6) is -0.474. The van der Waals surface area contributed by atoms with Crippen molar-refractivity contribution in [3.63, 3.8) is 0 Å². The van der Waals surface area contributed by atoms with E-state index in [1.54, 1.807) is 30.3 Å². The predicted octanol–water partition coefficient (Wildman–Crippen LogP) is 5.17. The molecule has 136 valence electrons. The zero-order chi connectivity index (χ0) is 19.6. The zero-order valence-corrected chi connectivity index (χ0v) is 14.7. The highest BCUT2D eigenvalue weighted by atomic mass is 32.1. The Bertz CT molecular complexity index is 1080. The van der Waals surface area contributed by atoms with Crippen LogP contribution in [0, 0.1) is 11.3 Å². The Morgan fingerprint density at radius 2 is 1.93 bits per heavy atom. The number of alkyl halides is 3. The fourth-order valence-electron chi connectivity index (χ4n) is 2.36. The zero-order valence-electron chi connectivity index (χ0n) is 13.9. The van der Waals surface area contributed by atoms with Gasteiger partial charge >= 0.3 is 12.1 Å². The first-order valence-electron chi connectivity index (χ1n) is 7.60. The van der Waals surface area contributed by atoms with E-state index in [0.717, 1.165) is 23.5 Å². The molecule has 0 atom stereocenters. The third-order valence-electron chi connectivity index (χ3n) is 3.71. The second-order valence-corrected chi connectivity index (χ2v) is 6.51. The van der Waals surface area contributed by atoms with E-state index < -0.39 is 17.7 Å². The van der Waals surface area contributed by atoms with E-state index in [9.17, 15) is 23.2 Å². The van der Waals surface area contributed by atoms with Crippen LogP contribution in [0.4, 0.5) is 13.2 Å². The van der Waals surface area contributed by atoms with E-state index in [0.29, 0.717) is 20.8 Å². The van der Waals surface area contributed by atoms with Gasteiger partial charge in [0.25, 0.3) is 0 Å². The number of halogens is 3. The Morgan fingerprint density at radius 1 is 1.22 bits per heavy atom. The van der Waals surface area contributed by atoms with Crippen LogP contribution in [0.1, 0.15) is 26.5 Å². The highest BCUT2D eigenvalue weighted by molar-refractivity contribution is 7.19. The van der Waals surface area contributed by atoms with Crippen molar-refractivity contribution in [1.82, 2.24) is 4.98 Å². The number of benzene rings is 2. The Hall–Kier alpha value is -3.18. The lowest BCUT2D eigenvalue weighted by Crippen LogP contribution is -2.03. The maximum Gasteiger partial charge on any atom is 0.416 e. The maximum absolute atomic E-state index is 12.8. The van der Waals surface area contributed by atoms with Gasteiger partial charge in [0.1, 0.15) is 11.1 Å². The lowest BCUT2D eigenvalue weighted by atomic mass is 10.1. The van der Waals surface area contributed by atoms with Crippen molar-refractivity contribution >= 4 is 39.2 Å². The molecular formula is C19H11F3N2O2S. The van der Waals surface area contributed by atoms with Crippen LogP contribution in [0.15, 0.2) is 42.5 Å².